The van der Waals surface area contributed by atoms with Gasteiger partial charge in [0.2, 0.25) is 0 Å². The van der Waals surface area contributed by atoms with Crippen molar-refractivity contribution in [3.05, 3.63) is 89.5 Å². The van der Waals surface area contributed by atoms with Gasteiger partial charge < -0.3 is 15.2 Å². The second kappa shape index (κ2) is 7.08. The molecule has 1 aliphatic heterocycles. The first-order valence-corrected chi connectivity index (χ1v) is 8.75. The highest BCUT2D eigenvalue weighted by atomic mass is 16.5. The summed E-state index contributed by atoms with van der Waals surface area (Å²) < 4.78 is 5.31. The van der Waals surface area contributed by atoms with E-state index in [1.165, 1.54) is 12.1 Å². The monoisotopic (exact) mass is 374 g/mol. The summed E-state index contributed by atoms with van der Waals surface area (Å²) in [6, 6.07) is 21.1. The zero-order valence-corrected chi connectivity index (χ0v) is 15.1. The summed E-state index contributed by atoms with van der Waals surface area (Å²) in [5.74, 6) is -0.492. The van der Waals surface area contributed by atoms with Crippen LogP contribution in [0, 0.1) is 0 Å². The lowest BCUT2D eigenvalue weighted by Gasteiger charge is -2.38. The molecule has 6 nitrogen and oxygen atoms in total. The van der Waals surface area contributed by atoms with Gasteiger partial charge in [-0.15, -0.1) is 0 Å². The van der Waals surface area contributed by atoms with E-state index in [9.17, 15) is 9.59 Å². The molecule has 1 atom stereocenters. The lowest BCUT2D eigenvalue weighted by molar-refractivity contribution is 0.0696. The quantitative estimate of drug-likeness (QED) is 0.717. The largest absolute Gasteiger partial charge is 0.497 e. The summed E-state index contributed by atoms with van der Waals surface area (Å²) in [4.78, 5) is 26.1. The maximum atomic E-state index is 13.3. The number of carbonyl (C=O) groups excluding carboxylic acids is 1. The number of carboxylic acid groups (broad SMARTS) is 1. The van der Waals surface area contributed by atoms with Crippen LogP contribution in [-0.2, 0) is 0 Å². The number of amides is 1. The standard InChI is InChI=1S/C22H18N2O4/c1-28-17-6-4-5-16(13-17)24-20(14-9-11-15(12-10-14)22(26)27)23-19-8-3-2-7-18(19)21(24)25/h2-13,20,23H,1H3,(H,26,27)/t20-/m1/s1. The van der Waals surface area contributed by atoms with Gasteiger partial charge in [-0.1, -0.05) is 30.3 Å². The average molecular weight is 374 g/mol. The summed E-state index contributed by atoms with van der Waals surface area (Å²) in [6.45, 7) is 0. The Hall–Kier alpha value is -3.80. The molecule has 1 aliphatic rings. The van der Waals surface area contributed by atoms with E-state index >= 15 is 0 Å². The molecule has 140 valence electrons. The first-order chi connectivity index (χ1) is 13.6. The number of para-hydroxylation sites is 1. The molecule has 0 bridgehead atoms. The second-order valence-corrected chi connectivity index (χ2v) is 6.40. The van der Waals surface area contributed by atoms with Crippen LogP contribution in [0.4, 0.5) is 11.4 Å². The summed E-state index contributed by atoms with van der Waals surface area (Å²) in [7, 11) is 1.58. The predicted molar refractivity (Wildman–Crippen MR) is 106 cm³/mol. The van der Waals surface area contributed by atoms with E-state index in [1.54, 1.807) is 36.3 Å². The minimum atomic E-state index is -0.991. The van der Waals surface area contributed by atoms with Crippen molar-refractivity contribution in [3.8, 4) is 5.75 Å². The molecule has 4 rings (SSSR count). The van der Waals surface area contributed by atoms with Crippen molar-refractivity contribution in [2.75, 3.05) is 17.3 Å². The van der Waals surface area contributed by atoms with Gasteiger partial charge in [-0.25, -0.2) is 4.79 Å². The third-order valence-electron chi connectivity index (χ3n) is 4.73. The second-order valence-electron chi connectivity index (χ2n) is 6.40. The van der Waals surface area contributed by atoms with Crippen molar-refractivity contribution in [2.45, 2.75) is 6.17 Å². The van der Waals surface area contributed by atoms with E-state index in [-0.39, 0.29) is 11.5 Å². The Bertz CT molecular complexity index is 1050. The Morgan fingerprint density at radius 3 is 2.50 bits per heavy atom. The minimum Gasteiger partial charge on any atom is -0.497 e. The number of aromatic carboxylic acids is 1. The van der Waals surface area contributed by atoms with Crippen LogP contribution in [0.25, 0.3) is 0 Å². The molecule has 1 amide bonds. The number of carboxylic acids is 1. The van der Waals surface area contributed by atoms with Gasteiger partial charge >= 0.3 is 5.97 Å². The van der Waals surface area contributed by atoms with E-state index in [2.05, 4.69) is 5.32 Å². The molecule has 6 heteroatoms. The predicted octanol–water partition coefficient (Wildman–Crippen LogP) is 4.16. The SMILES string of the molecule is COc1cccc(N2C(=O)c3ccccc3N[C@H]2c2ccc(C(=O)O)cc2)c1. The summed E-state index contributed by atoms with van der Waals surface area (Å²) in [6.07, 6.45) is -0.489. The third kappa shape index (κ3) is 3.05. The molecule has 0 saturated heterocycles. The van der Waals surface area contributed by atoms with Crippen LogP contribution in [0.1, 0.15) is 32.4 Å². The van der Waals surface area contributed by atoms with Gasteiger partial charge in [-0.2, -0.15) is 0 Å². The molecule has 0 unspecified atom stereocenters. The van der Waals surface area contributed by atoms with Gasteiger partial charge in [0, 0.05) is 11.8 Å². The number of rotatable bonds is 4. The smallest absolute Gasteiger partial charge is 0.335 e. The number of benzene rings is 3. The Labute approximate surface area is 162 Å². The number of hydrogen-bond acceptors (Lipinski definition) is 4. The van der Waals surface area contributed by atoms with Crippen LogP contribution in [-0.4, -0.2) is 24.1 Å². The van der Waals surface area contributed by atoms with Gasteiger partial charge in [0.1, 0.15) is 11.9 Å². The van der Waals surface area contributed by atoms with Crippen LogP contribution in [0.2, 0.25) is 0 Å². The summed E-state index contributed by atoms with van der Waals surface area (Å²) in [5.41, 5.74) is 2.95. The first kappa shape index (κ1) is 17.6. The highest BCUT2D eigenvalue weighted by molar-refractivity contribution is 6.12. The minimum absolute atomic E-state index is 0.144. The molecule has 3 aromatic carbocycles. The van der Waals surface area contributed by atoms with Crippen molar-refractivity contribution in [3.63, 3.8) is 0 Å². The molecular weight excluding hydrogens is 356 g/mol. The van der Waals surface area contributed by atoms with E-state index < -0.39 is 12.1 Å². The number of fused-ring (bicyclic) bond motifs is 1. The maximum absolute atomic E-state index is 13.3. The number of ether oxygens (including phenoxy) is 1. The van der Waals surface area contributed by atoms with Gasteiger partial charge in [-0.05, 0) is 42.0 Å². The van der Waals surface area contributed by atoms with Gasteiger partial charge in [0.25, 0.3) is 5.91 Å². The molecule has 0 fully saturated rings. The van der Waals surface area contributed by atoms with Crippen LogP contribution >= 0.6 is 0 Å². The fraction of sp³-hybridized carbons (Fsp3) is 0.0909. The van der Waals surface area contributed by atoms with Gasteiger partial charge in [-0.3, -0.25) is 9.69 Å². The molecule has 0 radical (unpaired) electrons. The Balaban J connectivity index is 1.83. The summed E-state index contributed by atoms with van der Waals surface area (Å²) >= 11 is 0. The van der Waals surface area contributed by atoms with E-state index in [4.69, 9.17) is 9.84 Å². The molecule has 2 N–H and O–H groups in total. The van der Waals surface area contributed by atoms with Crippen molar-refractivity contribution >= 4 is 23.3 Å². The number of anilines is 2. The number of carbonyl (C=O) groups is 2. The summed E-state index contributed by atoms with van der Waals surface area (Å²) in [5, 5.41) is 12.5. The van der Waals surface area contributed by atoms with Crippen LogP contribution < -0.4 is 15.0 Å². The zero-order chi connectivity index (χ0) is 19.7. The third-order valence-corrected chi connectivity index (χ3v) is 4.73. The van der Waals surface area contributed by atoms with Crippen molar-refractivity contribution in [1.29, 1.82) is 0 Å². The maximum Gasteiger partial charge on any atom is 0.335 e. The molecule has 28 heavy (non-hydrogen) atoms. The van der Waals surface area contributed by atoms with Gasteiger partial charge in [0.15, 0.2) is 0 Å². The Morgan fingerprint density at radius 1 is 1.04 bits per heavy atom. The normalized spacial score (nSPS) is 15.5. The fourth-order valence-corrected chi connectivity index (χ4v) is 3.32. The van der Waals surface area contributed by atoms with Crippen molar-refractivity contribution < 1.29 is 19.4 Å². The lowest BCUT2D eigenvalue weighted by Crippen LogP contribution is -2.43. The fourth-order valence-electron chi connectivity index (χ4n) is 3.32. The first-order valence-electron chi connectivity index (χ1n) is 8.75. The number of hydrogen-bond donors (Lipinski definition) is 2. The highest BCUT2D eigenvalue weighted by Crippen LogP contribution is 2.37. The molecule has 0 aliphatic carbocycles. The van der Waals surface area contributed by atoms with Gasteiger partial charge in [0.05, 0.1) is 23.9 Å². The number of nitrogens with one attached hydrogen (secondary N) is 1. The highest BCUT2D eigenvalue weighted by Gasteiger charge is 2.34. The molecule has 0 saturated carbocycles. The van der Waals surface area contributed by atoms with Crippen molar-refractivity contribution in [1.82, 2.24) is 0 Å². The zero-order valence-electron chi connectivity index (χ0n) is 15.1. The molecule has 3 aromatic rings. The number of methoxy groups -OCH3 is 1. The van der Waals surface area contributed by atoms with E-state index in [0.29, 0.717) is 17.0 Å². The van der Waals surface area contributed by atoms with Crippen molar-refractivity contribution in [2.24, 2.45) is 0 Å². The molecule has 0 spiro atoms. The van der Waals surface area contributed by atoms with E-state index in [1.807, 2.05) is 36.4 Å². The van der Waals surface area contributed by atoms with Crippen LogP contribution in [0.15, 0.2) is 72.8 Å². The van der Waals surface area contributed by atoms with E-state index in [0.717, 1.165) is 11.3 Å². The Morgan fingerprint density at radius 2 is 1.79 bits per heavy atom. The molecule has 0 aromatic heterocycles. The van der Waals surface area contributed by atoms with Crippen LogP contribution in [0.5, 0.6) is 5.75 Å². The molecule has 1 heterocycles. The van der Waals surface area contributed by atoms with Crippen LogP contribution in [0.3, 0.4) is 0 Å². The number of nitrogens with zero attached hydrogens (tertiary/aromatic N) is 1. The average Bonchev–Trinajstić information content (AvgIpc) is 2.73. The lowest BCUT2D eigenvalue weighted by atomic mass is 10.0. The molecular formula is C22H18N2O4. The topological polar surface area (TPSA) is 78.9 Å². The Kier molecular flexibility index (Phi) is 4.45.